The predicted octanol–water partition coefficient (Wildman–Crippen LogP) is 2.40. The molecule has 1 aromatic heterocycles. The van der Waals surface area contributed by atoms with Crippen LogP contribution >= 0.6 is 0 Å². The summed E-state index contributed by atoms with van der Waals surface area (Å²) in [6.45, 7) is 0.982. The van der Waals surface area contributed by atoms with E-state index in [1.54, 1.807) is 0 Å². The molecule has 6 nitrogen and oxygen atoms in total. The number of hydrogen-bond acceptors (Lipinski definition) is 5. The summed E-state index contributed by atoms with van der Waals surface area (Å²) in [5.74, 6) is 1.28. The Morgan fingerprint density at radius 1 is 1.25 bits per heavy atom. The highest BCUT2D eigenvalue weighted by molar-refractivity contribution is 5.88. The standard InChI is InChI=1S/C14H22N4O2/c19-12(8-7-10-4-1-2-5-10)16-14-18-17-13(20-14)11-6-3-9-15-11/h10-11,15H,1-9H2,(H,16,18,19). The number of carbonyl (C=O) groups is 1. The zero-order valence-electron chi connectivity index (χ0n) is 11.7. The van der Waals surface area contributed by atoms with E-state index in [-0.39, 0.29) is 18.0 Å². The van der Waals surface area contributed by atoms with Crippen molar-refractivity contribution in [2.45, 2.75) is 57.4 Å². The average molecular weight is 278 g/mol. The van der Waals surface area contributed by atoms with Crippen LogP contribution in [-0.2, 0) is 4.79 Å². The molecular weight excluding hydrogens is 256 g/mol. The van der Waals surface area contributed by atoms with Crippen LogP contribution in [0.15, 0.2) is 4.42 Å². The smallest absolute Gasteiger partial charge is 0.322 e. The van der Waals surface area contributed by atoms with Crippen molar-refractivity contribution in [1.29, 1.82) is 0 Å². The third kappa shape index (κ3) is 3.36. The van der Waals surface area contributed by atoms with Gasteiger partial charge in [0, 0.05) is 6.42 Å². The van der Waals surface area contributed by atoms with Crippen LogP contribution in [0.1, 0.15) is 63.3 Å². The molecule has 1 saturated carbocycles. The summed E-state index contributed by atoms with van der Waals surface area (Å²) >= 11 is 0. The lowest BCUT2D eigenvalue weighted by Crippen LogP contribution is -2.13. The van der Waals surface area contributed by atoms with Gasteiger partial charge in [-0.15, -0.1) is 5.10 Å². The van der Waals surface area contributed by atoms with Crippen molar-refractivity contribution < 1.29 is 9.21 Å². The van der Waals surface area contributed by atoms with Gasteiger partial charge in [-0.25, -0.2) is 0 Å². The van der Waals surface area contributed by atoms with Gasteiger partial charge in [-0.1, -0.05) is 30.8 Å². The van der Waals surface area contributed by atoms with Crippen LogP contribution in [0.25, 0.3) is 0 Å². The fraction of sp³-hybridized carbons (Fsp3) is 0.786. The normalized spacial score (nSPS) is 23.3. The van der Waals surface area contributed by atoms with Gasteiger partial charge in [0.15, 0.2) is 0 Å². The topological polar surface area (TPSA) is 80.0 Å². The summed E-state index contributed by atoms with van der Waals surface area (Å²) in [6.07, 6.45) is 8.81. The van der Waals surface area contributed by atoms with Gasteiger partial charge in [0.25, 0.3) is 0 Å². The highest BCUT2D eigenvalue weighted by atomic mass is 16.4. The van der Waals surface area contributed by atoms with Crippen LogP contribution in [0.4, 0.5) is 6.01 Å². The number of nitrogens with one attached hydrogen (secondary N) is 2. The van der Waals surface area contributed by atoms with E-state index in [1.807, 2.05) is 0 Å². The Hall–Kier alpha value is -1.43. The lowest BCUT2D eigenvalue weighted by molar-refractivity contribution is -0.116. The lowest BCUT2D eigenvalue weighted by Gasteiger charge is -2.07. The van der Waals surface area contributed by atoms with Crippen LogP contribution < -0.4 is 10.6 Å². The first kappa shape index (κ1) is 13.5. The third-order valence-electron chi connectivity index (χ3n) is 4.30. The van der Waals surface area contributed by atoms with Crippen molar-refractivity contribution in [2.75, 3.05) is 11.9 Å². The van der Waals surface area contributed by atoms with E-state index in [1.165, 1.54) is 25.7 Å². The molecule has 0 aromatic carbocycles. The highest BCUT2D eigenvalue weighted by Gasteiger charge is 2.22. The van der Waals surface area contributed by atoms with Crippen LogP contribution in [-0.4, -0.2) is 22.6 Å². The van der Waals surface area contributed by atoms with Crippen molar-refractivity contribution in [1.82, 2.24) is 15.5 Å². The van der Waals surface area contributed by atoms with Crippen molar-refractivity contribution in [3.8, 4) is 0 Å². The Kier molecular flexibility index (Phi) is 4.30. The summed E-state index contributed by atoms with van der Waals surface area (Å²) < 4.78 is 5.49. The van der Waals surface area contributed by atoms with E-state index in [0.29, 0.717) is 12.3 Å². The van der Waals surface area contributed by atoms with Gasteiger partial charge in [0.05, 0.1) is 6.04 Å². The molecule has 1 amide bonds. The number of hydrogen-bond donors (Lipinski definition) is 2. The number of carbonyl (C=O) groups excluding carboxylic acids is 1. The van der Waals surface area contributed by atoms with Crippen molar-refractivity contribution >= 4 is 11.9 Å². The molecule has 3 rings (SSSR count). The second-order valence-corrected chi connectivity index (χ2v) is 5.83. The molecular formula is C14H22N4O2. The van der Waals surface area contributed by atoms with Crippen LogP contribution in [0.5, 0.6) is 0 Å². The van der Waals surface area contributed by atoms with Crippen LogP contribution in [0.2, 0.25) is 0 Å². The Balaban J connectivity index is 1.45. The van der Waals surface area contributed by atoms with Gasteiger partial charge in [-0.3, -0.25) is 10.1 Å². The lowest BCUT2D eigenvalue weighted by atomic mass is 10.0. The maximum Gasteiger partial charge on any atom is 0.322 e. The molecule has 2 N–H and O–H groups in total. The average Bonchev–Trinajstić information content (AvgIpc) is 3.18. The first-order chi connectivity index (χ1) is 9.81. The molecule has 1 aromatic rings. The zero-order chi connectivity index (χ0) is 13.8. The monoisotopic (exact) mass is 278 g/mol. The maximum absolute atomic E-state index is 11.8. The van der Waals surface area contributed by atoms with E-state index in [2.05, 4.69) is 20.8 Å². The molecule has 1 atom stereocenters. The third-order valence-corrected chi connectivity index (χ3v) is 4.30. The molecule has 1 unspecified atom stereocenters. The van der Waals surface area contributed by atoms with E-state index in [9.17, 15) is 4.79 Å². The van der Waals surface area contributed by atoms with Crippen molar-refractivity contribution in [2.24, 2.45) is 5.92 Å². The molecule has 0 radical (unpaired) electrons. The van der Waals surface area contributed by atoms with Gasteiger partial charge in [-0.05, 0) is 31.7 Å². The van der Waals surface area contributed by atoms with Gasteiger partial charge < -0.3 is 9.73 Å². The Bertz CT molecular complexity index is 448. The zero-order valence-corrected chi connectivity index (χ0v) is 11.7. The van der Waals surface area contributed by atoms with Gasteiger partial charge in [0.1, 0.15) is 0 Å². The summed E-state index contributed by atoms with van der Waals surface area (Å²) in [7, 11) is 0. The fourth-order valence-electron chi connectivity index (χ4n) is 3.14. The van der Waals surface area contributed by atoms with Crippen LogP contribution in [0.3, 0.4) is 0 Å². The van der Waals surface area contributed by atoms with E-state index >= 15 is 0 Å². The molecule has 1 aliphatic heterocycles. The predicted molar refractivity (Wildman–Crippen MR) is 74.1 cm³/mol. The molecule has 0 spiro atoms. The molecule has 110 valence electrons. The number of rotatable bonds is 5. The SMILES string of the molecule is O=C(CCC1CCCC1)Nc1nnc(C2CCCN2)o1. The van der Waals surface area contributed by atoms with Gasteiger partial charge >= 0.3 is 6.01 Å². The molecule has 2 fully saturated rings. The van der Waals surface area contributed by atoms with Gasteiger partial charge in [0.2, 0.25) is 11.8 Å². The van der Waals surface area contributed by atoms with E-state index < -0.39 is 0 Å². The minimum Gasteiger partial charge on any atom is -0.406 e. The minimum absolute atomic E-state index is 0.0218. The Morgan fingerprint density at radius 2 is 2.10 bits per heavy atom. The molecule has 2 aliphatic rings. The molecule has 6 heteroatoms. The first-order valence-corrected chi connectivity index (χ1v) is 7.68. The summed E-state index contributed by atoms with van der Waals surface area (Å²) in [5.41, 5.74) is 0. The number of aromatic nitrogens is 2. The Labute approximate surface area is 118 Å². The fourth-order valence-corrected chi connectivity index (χ4v) is 3.14. The molecule has 1 aliphatic carbocycles. The van der Waals surface area contributed by atoms with Gasteiger partial charge in [-0.2, -0.15) is 0 Å². The quantitative estimate of drug-likeness (QED) is 0.864. The highest BCUT2D eigenvalue weighted by Crippen LogP contribution is 2.28. The second kappa shape index (κ2) is 6.35. The second-order valence-electron chi connectivity index (χ2n) is 5.83. The molecule has 20 heavy (non-hydrogen) atoms. The van der Waals surface area contributed by atoms with E-state index in [4.69, 9.17) is 4.42 Å². The minimum atomic E-state index is -0.0218. The van der Waals surface area contributed by atoms with Crippen LogP contribution in [0, 0.1) is 5.92 Å². The van der Waals surface area contributed by atoms with Crippen molar-refractivity contribution in [3.05, 3.63) is 5.89 Å². The number of anilines is 1. The maximum atomic E-state index is 11.8. The Morgan fingerprint density at radius 3 is 2.85 bits per heavy atom. The largest absolute Gasteiger partial charge is 0.406 e. The molecule has 1 saturated heterocycles. The summed E-state index contributed by atoms with van der Waals surface area (Å²) in [4.78, 5) is 11.8. The van der Waals surface area contributed by atoms with Crippen molar-refractivity contribution in [3.63, 3.8) is 0 Å². The number of nitrogens with zero attached hydrogens (tertiary/aromatic N) is 2. The molecule has 2 heterocycles. The number of amides is 1. The first-order valence-electron chi connectivity index (χ1n) is 7.68. The molecule has 0 bridgehead atoms. The summed E-state index contributed by atoms with van der Waals surface area (Å²) in [5, 5.41) is 13.9. The van der Waals surface area contributed by atoms with E-state index in [0.717, 1.165) is 31.7 Å². The summed E-state index contributed by atoms with van der Waals surface area (Å²) in [6, 6.07) is 0.372.